The number of anilines is 2. The minimum Gasteiger partial charge on any atom is -0.378 e. The molecule has 3 rings (SSSR count). The van der Waals surface area contributed by atoms with Crippen LogP contribution < -0.4 is 10.2 Å². The van der Waals surface area contributed by atoms with Crippen molar-refractivity contribution in [2.45, 2.75) is 19.9 Å². The molecular weight excluding hydrogens is 278 g/mol. The Bertz CT molecular complexity index is 613. The molecule has 0 amide bonds. The van der Waals surface area contributed by atoms with Crippen LogP contribution in [0.25, 0.3) is 0 Å². The Morgan fingerprint density at radius 2 is 2.05 bits per heavy atom. The van der Waals surface area contributed by atoms with Crippen molar-refractivity contribution in [3.63, 3.8) is 0 Å². The van der Waals surface area contributed by atoms with E-state index in [4.69, 9.17) is 4.74 Å². The fourth-order valence-corrected chi connectivity index (χ4v) is 2.43. The first-order valence-electron chi connectivity index (χ1n) is 7.67. The molecular formula is C16H21N5O. The zero-order chi connectivity index (χ0) is 15.2. The van der Waals surface area contributed by atoms with Crippen LogP contribution in [0, 0.1) is 0 Å². The zero-order valence-corrected chi connectivity index (χ0v) is 12.8. The van der Waals surface area contributed by atoms with Gasteiger partial charge in [0.2, 0.25) is 0 Å². The second kappa shape index (κ2) is 7.17. The second-order valence-corrected chi connectivity index (χ2v) is 5.22. The molecule has 6 nitrogen and oxygen atoms in total. The molecule has 116 valence electrons. The Labute approximate surface area is 130 Å². The number of hydrogen-bond donors (Lipinski definition) is 1. The molecule has 3 heterocycles. The minimum atomic E-state index is 0.660. The summed E-state index contributed by atoms with van der Waals surface area (Å²) in [6, 6.07) is 6.15. The summed E-state index contributed by atoms with van der Waals surface area (Å²) in [6.45, 7) is 6.05. The molecule has 1 fully saturated rings. The van der Waals surface area contributed by atoms with Crippen LogP contribution in [0.1, 0.15) is 18.2 Å². The van der Waals surface area contributed by atoms with E-state index in [9.17, 15) is 0 Å². The lowest BCUT2D eigenvalue weighted by atomic mass is 10.2. The van der Waals surface area contributed by atoms with Gasteiger partial charge in [0.25, 0.3) is 0 Å². The lowest BCUT2D eigenvalue weighted by Crippen LogP contribution is -2.36. The number of nitrogens with one attached hydrogen (secondary N) is 1. The summed E-state index contributed by atoms with van der Waals surface area (Å²) in [7, 11) is 0. The van der Waals surface area contributed by atoms with Crippen molar-refractivity contribution in [1.29, 1.82) is 0 Å². The number of hydrogen-bond acceptors (Lipinski definition) is 6. The van der Waals surface area contributed by atoms with Crippen LogP contribution in [0.4, 0.5) is 11.6 Å². The summed E-state index contributed by atoms with van der Waals surface area (Å²) in [6.07, 6.45) is 4.47. The number of morpholine rings is 1. The number of nitrogens with zero attached hydrogens (tertiary/aromatic N) is 4. The molecule has 22 heavy (non-hydrogen) atoms. The van der Waals surface area contributed by atoms with E-state index in [1.54, 1.807) is 6.33 Å². The summed E-state index contributed by atoms with van der Waals surface area (Å²) in [5.74, 6) is 1.76. The van der Waals surface area contributed by atoms with Gasteiger partial charge in [-0.05, 0) is 24.1 Å². The van der Waals surface area contributed by atoms with Gasteiger partial charge < -0.3 is 15.0 Å². The third-order valence-corrected chi connectivity index (χ3v) is 3.73. The predicted molar refractivity (Wildman–Crippen MR) is 86.0 cm³/mol. The maximum absolute atomic E-state index is 5.37. The molecule has 1 aliphatic heterocycles. The molecule has 1 N–H and O–H groups in total. The molecule has 0 bridgehead atoms. The fraction of sp³-hybridized carbons (Fsp3) is 0.438. The molecule has 2 aromatic rings. The molecule has 0 saturated carbocycles. The maximum Gasteiger partial charge on any atom is 0.134 e. The SMILES string of the molecule is CCc1ccnc(CNc2cc(N3CCOCC3)ncn2)c1. The molecule has 1 aliphatic rings. The van der Waals surface area contributed by atoms with Gasteiger partial charge in [0.05, 0.1) is 25.5 Å². The van der Waals surface area contributed by atoms with Crippen LogP contribution in [-0.4, -0.2) is 41.3 Å². The Kier molecular flexibility index (Phi) is 4.80. The van der Waals surface area contributed by atoms with Gasteiger partial charge in [-0.3, -0.25) is 4.98 Å². The number of rotatable bonds is 5. The van der Waals surface area contributed by atoms with Crippen molar-refractivity contribution in [3.8, 4) is 0 Å². The predicted octanol–water partition coefficient (Wildman–Crippen LogP) is 1.88. The number of aromatic nitrogens is 3. The van der Waals surface area contributed by atoms with E-state index in [1.165, 1.54) is 5.56 Å². The molecule has 0 unspecified atom stereocenters. The summed E-state index contributed by atoms with van der Waals surface area (Å²) in [5, 5.41) is 3.32. The highest BCUT2D eigenvalue weighted by Gasteiger charge is 2.12. The molecule has 6 heteroatoms. The highest BCUT2D eigenvalue weighted by molar-refractivity contribution is 5.48. The summed E-state index contributed by atoms with van der Waals surface area (Å²) < 4.78 is 5.37. The Balaban J connectivity index is 1.64. The van der Waals surface area contributed by atoms with Gasteiger partial charge in [0.1, 0.15) is 18.0 Å². The second-order valence-electron chi connectivity index (χ2n) is 5.22. The average Bonchev–Trinajstić information content (AvgIpc) is 2.61. The molecule has 0 aliphatic carbocycles. The van der Waals surface area contributed by atoms with Crippen molar-refractivity contribution in [2.24, 2.45) is 0 Å². The minimum absolute atomic E-state index is 0.660. The van der Waals surface area contributed by atoms with Crippen molar-refractivity contribution >= 4 is 11.6 Å². The van der Waals surface area contributed by atoms with Crippen molar-refractivity contribution in [2.75, 3.05) is 36.5 Å². The zero-order valence-electron chi connectivity index (χ0n) is 12.8. The number of ether oxygens (including phenoxy) is 1. The Morgan fingerprint density at radius 3 is 2.86 bits per heavy atom. The van der Waals surface area contributed by atoms with E-state index in [0.29, 0.717) is 6.54 Å². The maximum atomic E-state index is 5.37. The van der Waals surface area contributed by atoms with Gasteiger partial charge in [0, 0.05) is 25.4 Å². The van der Waals surface area contributed by atoms with Gasteiger partial charge in [-0.2, -0.15) is 0 Å². The molecule has 0 atom stereocenters. The first kappa shape index (κ1) is 14.7. The topological polar surface area (TPSA) is 63.2 Å². The third kappa shape index (κ3) is 3.71. The molecule has 0 aromatic carbocycles. The lowest BCUT2D eigenvalue weighted by molar-refractivity contribution is 0.122. The standard InChI is InChI=1S/C16H21N5O/c1-2-13-3-4-17-14(9-13)11-18-15-10-16(20-12-19-15)21-5-7-22-8-6-21/h3-4,9-10,12H,2,5-8,11H2,1H3,(H,18,19,20). The van der Waals surface area contributed by atoms with Crippen LogP contribution >= 0.6 is 0 Å². The normalized spacial score (nSPS) is 14.9. The van der Waals surface area contributed by atoms with Gasteiger partial charge in [0.15, 0.2) is 0 Å². The van der Waals surface area contributed by atoms with Crippen molar-refractivity contribution in [1.82, 2.24) is 15.0 Å². The monoisotopic (exact) mass is 299 g/mol. The average molecular weight is 299 g/mol. The molecule has 0 radical (unpaired) electrons. The van der Waals surface area contributed by atoms with Crippen molar-refractivity contribution < 1.29 is 4.74 Å². The Hall–Kier alpha value is -2.21. The van der Waals surface area contributed by atoms with Crippen molar-refractivity contribution in [3.05, 3.63) is 42.0 Å². The third-order valence-electron chi connectivity index (χ3n) is 3.73. The first-order valence-corrected chi connectivity index (χ1v) is 7.67. The van der Waals surface area contributed by atoms with Crippen LogP contribution in [0.5, 0.6) is 0 Å². The largest absolute Gasteiger partial charge is 0.378 e. The van der Waals surface area contributed by atoms with Gasteiger partial charge in [-0.1, -0.05) is 6.92 Å². The highest BCUT2D eigenvalue weighted by atomic mass is 16.5. The summed E-state index contributed by atoms with van der Waals surface area (Å²) >= 11 is 0. The van der Waals surface area contributed by atoms with Crippen LogP contribution in [0.15, 0.2) is 30.7 Å². The van der Waals surface area contributed by atoms with E-state index in [0.717, 1.165) is 50.1 Å². The molecule has 1 saturated heterocycles. The molecule has 0 spiro atoms. The first-order chi connectivity index (χ1) is 10.8. The van der Waals surface area contributed by atoms with Crippen LogP contribution in [0.3, 0.4) is 0 Å². The number of aryl methyl sites for hydroxylation is 1. The highest BCUT2D eigenvalue weighted by Crippen LogP contribution is 2.16. The van der Waals surface area contributed by atoms with Crippen LogP contribution in [-0.2, 0) is 17.7 Å². The van der Waals surface area contributed by atoms with E-state index < -0.39 is 0 Å². The van der Waals surface area contributed by atoms with E-state index >= 15 is 0 Å². The van der Waals surface area contributed by atoms with E-state index in [1.807, 2.05) is 18.3 Å². The summed E-state index contributed by atoms with van der Waals surface area (Å²) in [4.78, 5) is 15.2. The van der Waals surface area contributed by atoms with E-state index in [-0.39, 0.29) is 0 Å². The van der Waals surface area contributed by atoms with Gasteiger partial charge in [-0.25, -0.2) is 9.97 Å². The van der Waals surface area contributed by atoms with Crippen LogP contribution in [0.2, 0.25) is 0 Å². The van der Waals surface area contributed by atoms with Gasteiger partial charge >= 0.3 is 0 Å². The fourth-order valence-electron chi connectivity index (χ4n) is 2.43. The quantitative estimate of drug-likeness (QED) is 0.909. The Morgan fingerprint density at radius 1 is 1.18 bits per heavy atom. The molecule has 2 aromatic heterocycles. The lowest BCUT2D eigenvalue weighted by Gasteiger charge is -2.27. The smallest absolute Gasteiger partial charge is 0.134 e. The number of pyridine rings is 1. The summed E-state index contributed by atoms with van der Waals surface area (Å²) in [5.41, 5.74) is 2.31. The van der Waals surface area contributed by atoms with Gasteiger partial charge in [-0.15, -0.1) is 0 Å². The van der Waals surface area contributed by atoms with E-state index in [2.05, 4.69) is 38.2 Å².